The Morgan fingerprint density at radius 3 is 2.59 bits per heavy atom. The lowest BCUT2D eigenvalue weighted by atomic mass is 10.3. The lowest BCUT2D eigenvalue weighted by molar-refractivity contribution is 0.243. The van der Waals surface area contributed by atoms with Crippen LogP contribution >= 0.6 is 22.7 Å². The number of nitrogens with one attached hydrogen (secondary N) is 1. The van der Waals surface area contributed by atoms with Gasteiger partial charge in [0.2, 0.25) is 10.0 Å². The van der Waals surface area contributed by atoms with Gasteiger partial charge in [-0.05, 0) is 39.0 Å². The minimum atomic E-state index is -3.84. The molecule has 144 valence electrons. The van der Waals surface area contributed by atoms with Crippen LogP contribution < -0.4 is 20.9 Å². The van der Waals surface area contributed by atoms with Gasteiger partial charge in [-0.15, -0.1) is 11.3 Å². The third-order valence-electron chi connectivity index (χ3n) is 3.43. The van der Waals surface area contributed by atoms with Gasteiger partial charge < -0.3 is 15.8 Å². The number of aromatic nitrogens is 2. The van der Waals surface area contributed by atoms with E-state index in [1.807, 2.05) is 26.2 Å². The molecule has 3 aromatic rings. The van der Waals surface area contributed by atoms with E-state index in [2.05, 4.69) is 15.3 Å². The highest BCUT2D eigenvalue weighted by atomic mass is 32.2. The summed E-state index contributed by atoms with van der Waals surface area (Å²) in [6.07, 6.45) is -0.0828. The molecule has 0 fully saturated rings. The molecule has 3 rings (SSSR count). The highest BCUT2D eigenvalue weighted by molar-refractivity contribution is 7.89. The standard InChI is InChI=1S/C16H19N5O3S3/c1-8(2)24-13-5-4-10(27(18,22)23)6-11(13)20-16-21-12(7-25-16)14-9(3)19-15(17)26-14/h4-8H,1-3H3,(H2,17,19)(H,20,21)(H2,18,22,23). The van der Waals surface area contributed by atoms with Crippen molar-refractivity contribution in [3.63, 3.8) is 0 Å². The monoisotopic (exact) mass is 425 g/mol. The highest BCUT2D eigenvalue weighted by Gasteiger charge is 2.16. The molecule has 0 radical (unpaired) electrons. The second-order valence-corrected chi connectivity index (χ2v) is 9.45. The summed E-state index contributed by atoms with van der Waals surface area (Å²) in [5.41, 5.74) is 7.79. The molecule has 0 spiro atoms. The van der Waals surface area contributed by atoms with E-state index in [0.717, 1.165) is 16.3 Å². The molecular formula is C16H19N5O3S3. The van der Waals surface area contributed by atoms with Crippen LogP contribution in [0.3, 0.4) is 0 Å². The first kappa shape index (κ1) is 19.5. The Kier molecular flexibility index (Phi) is 5.38. The maximum atomic E-state index is 11.7. The quantitative estimate of drug-likeness (QED) is 0.551. The van der Waals surface area contributed by atoms with Crippen LogP contribution in [0.4, 0.5) is 16.0 Å². The fraction of sp³-hybridized carbons (Fsp3) is 0.250. The van der Waals surface area contributed by atoms with E-state index in [0.29, 0.717) is 21.7 Å². The summed E-state index contributed by atoms with van der Waals surface area (Å²) in [6.45, 7) is 5.64. The first-order valence-corrected chi connectivity index (χ1v) is 11.2. The number of nitrogens with two attached hydrogens (primary N) is 2. The smallest absolute Gasteiger partial charge is 0.238 e. The van der Waals surface area contributed by atoms with Gasteiger partial charge in [-0.25, -0.2) is 23.5 Å². The van der Waals surface area contributed by atoms with Gasteiger partial charge in [0, 0.05) is 5.38 Å². The van der Waals surface area contributed by atoms with Crippen LogP contribution in [0.15, 0.2) is 28.5 Å². The summed E-state index contributed by atoms with van der Waals surface area (Å²) >= 11 is 2.74. The Labute approximate surface area is 165 Å². The number of ether oxygens (including phenoxy) is 1. The third-order valence-corrected chi connectivity index (χ3v) is 6.11. The Balaban J connectivity index is 1.95. The molecule has 0 aliphatic heterocycles. The number of nitrogen functional groups attached to an aromatic ring is 1. The van der Waals surface area contributed by atoms with E-state index in [-0.39, 0.29) is 11.0 Å². The lowest BCUT2D eigenvalue weighted by Gasteiger charge is -2.15. The van der Waals surface area contributed by atoms with Gasteiger partial charge in [0.25, 0.3) is 0 Å². The third kappa shape index (κ3) is 4.56. The number of benzene rings is 1. The zero-order valence-electron chi connectivity index (χ0n) is 14.9. The van der Waals surface area contributed by atoms with Crippen molar-refractivity contribution >= 4 is 48.6 Å². The molecule has 11 heteroatoms. The van der Waals surface area contributed by atoms with Crippen LogP contribution in [0.5, 0.6) is 5.75 Å². The van der Waals surface area contributed by atoms with Crippen molar-refractivity contribution in [2.24, 2.45) is 5.14 Å². The molecule has 0 bridgehead atoms. The zero-order chi connectivity index (χ0) is 19.8. The van der Waals surface area contributed by atoms with Gasteiger partial charge in [0.05, 0.1) is 33.0 Å². The Bertz CT molecular complexity index is 1070. The molecule has 8 nitrogen and oxygen atoms in total. The van der Waals surface area contributed by atoms with Crippen molar-refractivity contribution in [3.05, 3.63) is 29.3 Å². The summed E-state index contributed by atoms with van der Waals surface area (Å²) < 4.78 is 29.1. The van der Waals surface area contributed by atoms with E-state index >= 15 is 0 Å². The fourth-order valence-electron chi connectivity index (χ4n) is 2.35. The largest absolute Gasteiger partial charge is 0.489 e. The Morgan fingerprint density at radius 2 is 2.00 bits per heavy atom. The highest BCUT2D eigenvalue weighted by Crippen LogP contribution is 2.36. The number of rotatable bonds is 6. The number of primary sulfonamides is 1. The molecule has 2 heterocycles. The first-order valence-electron chi connectivity index (χ1n) is 7.93. The molecule has 0 saturated heterocycles. The number of sulfonamides is 1. The van der Waals surface area contributed by atoms with Crippen molar-refractivity contribution in [2.75, 3.05) is 11.1 Å². The molecule has 2 aromatic heterocycles. The first-order chi connectivity index (χ1) is 12.6. The van der Waals surface area contributed by atoms with Crippen molar-refractivity contribution in [1.82, 2.24) is 9.97 Å². The molecule has 0 aliphatic carbocycles. The van der Waals surface area contributed by atoms with Gasteiger partial charge in [-0.1, -0.05) is 11.3 Å². The average Bonchev–Trinajstić information content (AvgIpc) is 3.13. The molecule has 27 heavy (non-hydrogen) atoms. The molecule has 0 saturated carbocycles. The van der Waals surface area contributed by atoms with Gasteiger partial charge >= 0.3 is 0 Å². The Morgan fingerprint density at radius 1 is 1.26 bits per heavy atom. The molecular weight excluding hydrogens is 406 g/mol. The zero-order valence-corrected chi connectivity index (χ0v) is 17.3. The van der Waals surface area contributed by atoms with E-state index in [1.165, 1.54) is 34.8 Å². The van der Waals surface area contributed by atoms with E-state index in [9.17, 15) is 8.42 Å². The number of hydrogen-bond acceptors (Lipinski definition) is 9. The maximum absolute atomic E-state index is 11.7. The van der Waals surface area contributed by atoms with Crippen molar-refractivity contribution in [1.29, 1.82) is 0 Å². The normalized spacial score (nSPS) is 11.7. The minimum absolute atomic E-state index is 0.0102. The van der Waals surface area contributed by atoms with Crippen LogP contribution in [0.2, 0.25) is 0 Å². The van der Waals surface area contributed by atoms with Crippen molar-refractivity contribution in [2.45, 2.75) is 31.8 Å². The maximum Gasteiger partial charge on any atom is 0.238 e. The number of nitrogens with zero attached hydrogens (tertiary/aromatic N) is 2. The van der Waals surface area contributed by atoms with Gasteiger partial charge in [0.1, 0.15) is 5.75 Å². The molecule has 5 N–H and O–H groups in total. The summed E-state index contributed by atoms with van der Waals surface area (Å²) in [6, 6.07) is 4.42. The average molecular weight is 426 g/mol. The van der Waals surface area contributed by atoms with Crippen molar-refractivity contribution < 1.29 is 13.2 Å². The summed E-state index contributed by atoms with van der Waals surface area (Å²) in [5, 5.41) is 11.3. The lowest BCUT2D eigenvalue weighted by Crippen LogP contribution is -2.13. The van der Waals surface area contributed by atoms with E-state index in [4.69, 9.17) is 15.6 Å². The minimum Gasteiger partial charge on any atom is -0.489 e. The second-order valence-electron chi connectivity index (χ2n) is 6.00. The number of hydrogen-bond donors (Lipinski definition) is 3. The van der Waals surface area contributed by atoms with Crippen LogP contribution in [-0.4, -0.2) is 24.5 Å². The van der Waals surface area contributed by atoms with Gasteiger partial charge in [0.15, 0.2) is 10.3 Å². The molecule has 0 atom stereocenters. The van der Waals surface area contributed by atoms with Gasteiger partial charge in [-0.3, -0.25) is 0 Å². The van der Waals surface area contributed by atoms with Crippen LogP contribution in [0, 0.1) is 6.92 Å². The van der Waals surface area contributed by atoms with E-state index < -0.39 is 10.0 Å². The number of thiazole rings is 2. The fourth-order valence-corrected chi connectivity index (χ4v) is 4.47. The Hall–Kier alpha value is -2.21. The number of aryl methyl sites for hydroxylation is 1. The number of anilines is 3. The predicted octanol–water partition coefficient (Wildman–Crippen LogP) is 3.34. The topological polar surface area (TPSA) is 133 Å². The van der Waals surface area contributed by atoms with Crippen LogP contribution in [-0.2, 0) is 10.0 Å². The van der Waals surface area contributed by atoms with Crippen LogP contribution in [0.1, 0.15) is 19.5 Å². The molecule has 1 aromatic carbocycles. The summed E-state index contributed by atoms with van der Waals surface area (Å²) in [7, 11) is -3.84. The summed E-state index contributed by atoms with van der Waals surface area (Å²) in [4.78, 5) is 9.64. The molecule has 0 amide bonds. The van der Waals surface area contributed by atoms with Crippen molar-refractivity contribution in [3.8, 4) is 16.3 Å². The molecule has 0 unspecified atom stereocenters. The van der Waals surface area contributed by atoms with Crippen LogP contribution in [0.25, 0.3) is 10.6 Å². The van der Waals surface area contributed by atoms with E-state index in [1.54, 1.807) is 6.07 Å². The summed E-state index contributed by atoms with van der Waals surface area (Å²) in [5.74, 6) is 0.507. The second kappa shape index (κ2) is 7.43. The predicted molar refractivity (Wildman–Crippen MR) is 109 cm³/mol. The van der Waals surface area contributed by atoms with Gasteiger partial charge in [-0.2, -0.15) is 0 Å². The molecule has 0 aliphatic rings. The SMILES string of the molecule is Cc1nc(N)sc1-c1csc(Nc2cc(S(N)(=O)=O)ccc2OC(C)C)n1.